The van der Waals surface area contributed by atoms with Gasteiger partial charge in [0.1, 0.15) is 0 Å². The Morgan fingerprint density at radius 2 is 2.12 bits per heavy atom. The van der Waals surface area contributed by atoms with E-state index in [1.807, 2.05) is 0 Å². The second-order valence-electron chi connectivity index (χ2n) is 3.74. The number of aryl methyl sites for hydroxylation is 2. The molecule has 16 heavy (non-hydrogen) atoms. The highest BCUT2D eigenvalue weighted by Crippen LogP contribution is 2.24. The van der Waals surface area contributed by atoms with Crippen LogP contribution in [0.1, 0.15) is 36.0 Å². The molecule has 0 heterocycles. The lowest BCUT2D eigenvalue weighted by molar-refractivity contribution is -0.137. The molecule has 1 aromatic carbocycles. The molecule has 0 radical (unpaired) electrons. The molecule has 1 N–H and O–H groups in total. The minimum atomic E-state index is -2.47. The van der Waals surface area contributed by atoms with Crippen molar-refractivity contribution in [1.82, 2.24) is 0 Å². The summed E-state index contributed by atoms with van der Waals surface area (Å²) in [6.45, 7) is 1.64. The Bertz CT molecular complexity index is 375. The summed E-state index contributed by atoms with van der Waals surface area (Å²) in [7, 11) is 0. The number of halogens is 2. The van der Waals surface area contributed by atoms with Crippen LogP contribution in [0.4, 0.5) is 8.78 Å². The predicted molar refractivity (Wildman–Crippen MR) is 56.7 cm³/mol. The topological polar surface area (TPSA) is 37.3 Å². The Kier molecular flexibility index (Phi) is 4.40. The summed E-state index contributed by atoms with van der Waals surface area (Å²) in [6, 6.07) is 4.88. The lowest BCUT2D eigenvalue weighted by atomic mass is 10.0. The fourth-order valence-electron chi connectivity index (χ4n) is 1.52. The van der Waals surface area contributed by atoms with Gasteiger partial charge in [0.2, 0.25) is 0 Å². The summed E-state index contributed by atoms with van der Waals surface area (Å²) in [5.74, 6) is -0.860. The van der Waals surface area contributed by atoms with Gasteiger partial charge in [0.15, 0.2) is 0 Å². The number of alkyl halides is 2. The number of benzene rings is 1. The van der Waals surface area contributed by atoms with Crippen LogP contribution in [0.2, 0.25) is 0 Å². The van der Waals surface area contributed by atoms with Gasteiger partial charge in [0.25, 0.3) is 6.43 Å². The molecule has 0 spiro atoms. The molecule has 0 atom stereocenters. The van der Waals surface area contributed by atoms with E-state index < -0.39 is 12.4 Å². The number of hydrogen-bond donors (Lipinski definition) is 1. The van der Waals surface area contributed by atoms with Gasteiger partial charge in [0, 0.05) is 12.0 Å². The molecule has 0 saturated heterocycles. The van der Waals surface area contributed by atoms with Crippen molar-refractivity contribution >= 4 is 5.97 Å². The lowest BCUT2D eigenvalue weighted by Crippen LogP contribution is -1.97. The Balaban J connectivity index is 2.67. The van der Waals surface area contributed by atoms with Crippen LogP contribution in [0, 0.1) is 6.92 Å². The number of carboxylic acid groups (broad SMARTS) is 1. The molecule has 0 aromatic heterocycles. The maximum absolute atomic E-state index is 12.6. The number of hydrogen-bond acceptors (Lipinski definition) is 1. The number of rotatable bonds is 5. The molecule has 2 nitrogen and oxygen atoms in total. The van der Waals surface area contributed by atoms with Crippen molar-refractivity contribution in [3.63, 3.8) is 0 Å². The van der Waals surface area contributed by atoms with Gasteiger partial charge in [-0.3, -0.25) is 4.79 Å². The van der Waals surface area contributed by atoms with Crippen LogP contribution in [0.3, 0.4) is 0 Å². The molecular formula is C12H14F2O2. The first-order valence-corrected chi connectivity index (χ1v) is 5.10. The minimum absolute atomic E-state index is 0.0350. The third-order valence-corrected chi connectivity index (χ3v) is 2.43. The first kappa shape index (κ1) is 12.6. The highest BCUT2D eigenvalue weighted by atomic mass is 19.3. The molecule has 1 aromatic rings. The van der Waals surface area contributed by atoms with Crippen LogP contribution in [-0.4, -0.2) is 11.1 Å². The second-order valence-corrected chi connectivity index (χ2v) is 3.74. The van der Waals surface area contributed by atoms with Crippen LogP contribution in [0.15, 0.2) is 18.2 Å². The highest BCUT2D eigenvalue weighted by Gasteiger charge is 2.10. The summed E-state index contributed by atoms with van der Waals surface area (Å²) in [4.78, 5) is 10.3. The van der Waals surface area contributed by atoms with E-state index in [-0.39, 0.29) is 12.0 Å². The van der Waals surface area contributed by atoms with Gasteiger partial charge >= 0.3 is 5.97 Å². The molecular weight excluding hydrogens is 214 g/mol. The zero-order valence-corrected chi connectivity index (χ0v) is 9.04. The SMILES string of the molecule is Cc1ccc(CCCC(=O)O)cc1C(F)F. The van der Waals surface area contributed by atoms with Gasteiger partial charge in [-0.1, -0.05) is 12.1 Å². The Morgan fingerprint density at radius 3 is 2.69 bits per heavy atom. The number of carboxylic acids is 1. The Hall–Kier alpha value is -1.45. The van der Waals surface area contributed by atoms with Crippen molar-refractivity contribution in [3.05, 3.63) is 34.9 Å². The lowest BCUT2D eigenvalue weighted by Gasteiger charge is -2.07. The van der Waals surface area contributed by atoms with E-state index in [2.05, 4.69) is 0 Å². The first-order valence-electron chi connectivity index (χ1n) is 5.10. The minimum Gasteiger partial charge on any atom is -0.481 e. The molecule has 0 aliphatic carbocycles. The molecule has 0 fully saturated rings. The van der Waals surface area contributed by atoms with E-state index in [1.165, 1.54) is 6.07 Å². The van der Waals surface area contributed by atoms with E-state index in [1.54, 1.807) is 19.1 Å². The zero-order valence-electron chi connectivity index (χ0n) is 9.04. The van der Waals surface area contributed by atoms with Crippen molar-refractivity contribution in [3.8, 4) is 0 Å². The summed E-state index contributed by atoms with van der Waals surface area (Å²) in [5.41, 5.74) is 1.37. The smallest absolute Gasteiger partial charge is 0.303 e. The fourth-order valence-corrected chi connectivity index (χ4v) is 1.52. The average molecular weight is 228 g/mol. The van der Waals surface area contributed by atoms with Gasteiger partial charge < -0.3 is 5.11 Å². The fraction of sp³-hybridized carbons (Fsp3) is 0.417. The summed E-state index contributed by atoms with van der Waals surface area (Å²) >= 11 is 0. The van der Waals surface area contributed by atoms with Gasteiger partial charge in [-0.15, -0.1) is 0 Å². The quantitative estimate of drug-likeness (QED) is 0.839. The van der Waals surface area contributed by atoms with Gasteiger partial charge in [-0.05, 0) is 37.0 Å². The molecule has 88 valence electrons. The normalized spacial score (nSPS) is 10.8. The maximum Gasteiger partial charge on any atom is 0.303 e. The van der Waals surface area contributed by atoms with Crippen molar-refractivity contribution in [1.29, 1.82) is 0 Å². The van der Waals surface area contributed by atoms with Crippen molar-refractivity contribution in [2.75, 3.05) is 0 Å². The van der Waals surface area contributed by atoms with E-state index in [0.717, 1.165) is 5.56 Å². The molecule has 0 saturated carbocycles. The summed E-state index contributed by atoms with van der Waals surface area (Å²) < 4.78 is 25.1. The summed E-state index contributed by atoms with van der Waals surface area (Å²) in [5, 5.41) is 8.46. The third kappa shape index (κ3) is 3.61. The van der Waals surface area contributed by atoms with Crippen LogP contribution >= 0.6 is 0 Å². The molecule has 0 aliphatic heterocycles. The first-order chi connectivity index (χ1) is 7.50. The van der Waals surface area contributed by atoms with Gasteiger partial charge in [0.05, 0.1) is 0 Å². The Morgan fingerprint density at radius 1 is 1.44 bits per heavy atom. The van der Waals surface area contributed by atoms with E-state index >= 15 is 0 Å². The van der Waals surface area contributed by atoms with Gasteiger partial charge in [-0.25, -0.2) is 8.78 Å². The van der Waals surface area contributed by atoms with E-state index in [4.69, 9.17) is 5.11 Å². The maximum atomic E-state index is 12.6. The van der Waals surface area contributed by atoms with E-state index in [9.17, 15) is 13.6 Å². The standard InChI is InChI=1S/C12H14F2O2/c1-8-5-6-9(3-2-4-11(15)16)7-10(8)12(13)14/h5-7,12H,2-4H2,1H3,(H,15,16). The Labute approximate surface area is 92.9 Å². The van der Waals surface area contributed by atoms with E-state index in [0.29, 0.717) is 18.4 Å². The second kappa shape index (κ2) is 5.58. The molecule has 1 rings (SSSR count). The molecule has 4 heteroatoms. The molecule has 0 aliphatic rings. The van der Waals surface area contributed by atoms with Crippen LogP contribution < -0.4 is 0 Å². The summed E-state index contributed by atoms with van der Waals surface area (Å²) in [6.07, 6.45) is -1.41. The third-order valence-electron chi connectivity index (χ3n) is 2.43. The van der Waals surface area contributed by atoms with Crippen LogP contribution in [0.25, 0.3) is 0 Å². The molecule has 0 bridgehead atoms. The largest absolute Gasteiger partial charge is 0.481 e. The zero-order chi connectivity index (χ0) is 12.1. The highest BCUT2D eigenvalue weighted by molar-refractivity contribution is 5.66. The van der Waals surface area contributed by atoms with Crippen LogP contribution in [0.5, 0.6) is 0 Å². The number of carbonyl (C=O) groups is 1. The predicted octanol–water partition coefficient (Wildman–Crippen LogP) is 3.34. The van der Waals surface area contributed by atoms with Crippen LogP contribution in [-0.2, 0) is 11.2 Å². The molecule has 0 amide bonds. The number of aliphatic carboxylic acids is 1. The van der Waals surface area contributed by atoms with Crippen molar-refractivity contribution in [2.24, 2.45) is 0 Å². The average Bonchev–Trinajstić information content (AvgIpc) is 2.19. The van der Waals surface area contributed by atoms with Crippen molar-refractivity contribution < 1.29 is 18.7 Å². The monoisotopic (exact) mass is 228 g/mol. The molecule has 0 unspecified atom stereocenters. The van der Waals surface area contributed by atoms with Gasteiger partial charge in [-0.2, -0.15) is 0 Å². The van der Waals surface area contributed by atoms with Crippen molar-refractivity contribution in [2.45, 2.75) is 32.6 Å².